The van der Waals surface area contributed by atoms with E-state index < -0.39 is 0 Å². The highest BCUT2D eigenvalue weighted by Crippen LogP contribution is 2.27. The lowest BCUT2D eigenvalue weighted by Crippen LogP contribution is -2.27. The molecule has 0 spiro atoms. The SMILES string of the molecule is CC(=O)Nc1ncc(CN2CC(Oc3ccn4ccnc4c3)CC2C)s1. The van der Waals surface area contributed by atoms with E-state index in [4.69, 9.17) is 4.74 Å². The van der Waals surface area contributed by atoms with E-state index in [0.717, 1.165) is 35.8 Å². The van der Waals surface area contributed by atoms with Crippen molar-refractivity contribution in [3.05, 3.63) is 41.8 Å². The van der Waals surface area contributed by atoms with Crippen LogP contribution < -0.4 is 10.1 Å². The zero-order valence-electron chi connectivity index (χ0n) is 14.8. The van der Waals surface area contributed by atoms with E-state index in [1.165, 1.54) is 18.3 Å². The standard InChI is InChI=1S/C18H21N5O2S/c1-12-7-15(25-14-3-5-22-6-4-19-17(22)8-14)10-23(12)11-16-9-20-18(26-16)21-13(2)24/h3-6,8-9,12,15H,7,10-11H2,1-2H3,(H,20,21,24). The predicted octanol–water partition coefficient (Wildman–Crippen LogP) is 2.79. The number of thiazole rings is 1. The van der Waals surface area contributed by atoms with Crippen molar-refractivity contribution in [1.29, 1.82) is 0 Å². The van der Waals surface area contributed by atoms with Crippen LogP contribution in [-0.2, 0) is 11.3 Å². The average Bonchev–Trinajstić information content (AvgIpc) is 3.29. The van der Waals surface area contributed by atoms with Crippen molar-refractivity contribution < 1.29 is 9.53 Å². The van der Waals surface area contributed by atoms with E-state index in [-0.39, 0.29) is 12.0 Å². The van der Waals surface area contributed by atoms with Crippen LogP contribution in [0.5, 0.6) is 5.75 Å². The van der Waals surface area contributed by atoms with Crippen molar-refractivity contribution in [2.75, 3.05) is 11.9 Å². The Kier molecular flexibility index (Phi) is 4.60. The topological polar surface area (TPSA) is 71.8 Å². The molecule has 0 radical (unpaired) electrons. The van der Waals surface area contributed by atoms with Gasteiger partial charge in [-0.3, -0.25) is 9.69 Å². The monoisotopic (exact) mass is 371 g/mol. The Hall–Kier alpha value is -2.45. The molecule has 1 N–H and O–H groups in total. The van der Waals surface area contributed by atoms with Gasteiger partial charge in [0.05, 0.1) is 0 Å². The maximum Gasteiger partial charge on any atom is 0.223 e. The van der Waals surface area contributed by atoms with Crippen molar-refractivity contribution in [3.8, 4) is 5.75 Å². The number of aromatic nitrogens is 3. The van der Waals surface area contributed by atoms with Gasteiger partial charge in [0.1, 0.15) is 17.5 Å². The lowest BCUT2D eigenvalue weighted by Gasteiger charge is -2.19. The Morgan fingerprint density at radius 3 is 3.15 bits per heavy atom. The molecular weight excluding hydrogens is 350 g/mol. The first-order chi connectivity index (χ1) is 12.6. The van der Waals surface area contributed by atoms with Gasteiger partial charge < -0.3 is 14.5 Å². The fourth-order valence-electron chi connectivity index (χ4n) is 3.30. The zero-order valence-corrected chi connectivity index (χ0v) is 15.6. The van der Waals surface area contributed by atoms with Gasteiger partial charge in [-0.25, -0.2) is 9.97 Å². The van der Waals surface area contributed by atoms with E-state index in [2.05, 4.69) is 27.1 Å². The normalized spacial score (nSPS) is 20.5. The van der Waals surface area contributed by atoms with Gasteiger partial charge in [-0.1, -0.05) is 0 Å². The molecule has 2 atom stereocenters. The molecule has 1 aliphatic heterocycles. The molecule has 0 aromatic carbocycles. The van der Waals surface area contributed by atoms with Crippen molar-refractivity contribution in [3.63, 3.8) is 0 Å². The number of fused-ring (bicyclic) bond motifs is 1. The van der Waals surface area contributed by atoms with Crippen LogP contribution in [0.2, 0.25) is 0 Å². The smallest absolute Gasteiger partial charge is 0.223 e. The highest BCUT2D eigenvalue weighted by molar-refractivity contribution is 7.15. The third-order valence-corrected chi connectivity index (χ3v) is 5.43. The van der Waals surface area contributed by atoms with Gasteiger partial charge >= 0.3 is 0 Å². The molecule has 0 aliphatic carbocycles. The summed E-state index contributed by atoms with van der Waals surface area (Å²) < 4.78 is 8.15. The lowest BCUT2D eigenvalue weighted by molar-refractivity contribution is -0.114. The molecule has 7 nitrogen and oxygen atoms in total. The van der Waals surface area contributed by atoms with Crippen LogP contribution in [-0.4, -0.2) is 43.9 Å². The van der Waals surface area contributed by atoms with Crippen LogP contribution in [0.4, 0.5) is 5.13 Å². The second-order valence-corrected chi connectivity index (χ2v) is 7.74. The van der Waals surface area contributed by atoms with Crippen molar-refractivity contribution >= 4 is 28.0 Å². The summed E-state index contributed by atoms with van der Waals surface area (Å²) >= 11 is 1.52. The minimum Gasteiger partial charge on any atom is -0.489 e. The van der Waals surface area contributed by atoms with Gasteiger partial charge in [-0.15, -0.1) is 11.3 Å². The summed E-state index contributed by atoms with van der Waals surface area (Å²) in [5, 5.41) is 3.39. The van der Waals surface area contributed by atoms with Crippen LogP contribution >= 0.6 is 11.3 Å². The van der Waals surface area contributed by atoms with Crippen molar-refractivity contribution in [2.24, 2.45) is 0 Å². The number of anilines is 1. The van der Waals surface area contributed by atoms with E-state index in [9.17, 15) is 4.79 Å². The van der Waals surface area contributed by atoms with Crippen molar-refractivity contribution in [1.82, 2.24) is 19.3 Å². The molecule has 26 heavy (non-hydrogen) atoms. The number of carbonyl (C=O) groups excluding carboxylic acids is 1. The van der Waals surface area contributed by atoms with Gasteiger partial charge in [0.2, 0.25) is 5.91 Å². The fourth-order valence-corrected chi connectivity index (χ4v) is 4.18. The van der Waals surface area contributed by atoms with Gasteiger partial charge in [-0.2, -0.15) is 0 Å². The first-order valence-corrected chi connectivity index (χ1v) is 9.44. The summed E-state index contributed by atoms with van der Waals surface area (Å²) in [4.78, 5) is 23.2. The van der Waals surface area contributed by atoms with Gasteiger partial charge in [0, 0.05) is 68.2 Å². The molecule has 1 aliphatic rings. The van der Waals surface area contributed by atoms with Gasteiger partial charge in [0.15, 0.2) is 5.13 Å². The summed E-state index contributed by atoms with van der Waals surface area (Å²) in [6.45, 7) is 5.40. The number of likely N-dealkylation sites (tertiary alicyclic amines) is 1. The summed E-state index contributed by atoms with van der Waals surface area (Å²) in [6.07, 6.45) is 8.64. The van der Waals surface area contributed by atoms with Crippen LogP contribution in [0.15, 0.2) is 36.9 Å². The molecule has 8 heteroatoms. The first kappa shape index (κ1) is 17.0. The van der Waals surface area contributed by atoms with E-state index >= 15 is 0 Å². The minimum atomic E-state index is -0.0941. The second kappa shape index (κ2) is 7.05. The van der Waals surface area contributed by atoms with Crippen molar-refractivity contribution in [2.45, 2.75) is 39.0 Å². The number of rotatable bonds is 5. The van der Waals surface area contributed by atoms with Gasteiger partial charge in [0.25, 0.3) is 0 Å². The van der Waals surface area contributed by atoms with E-state index in [1.807, 2.05) is 35.1 Å². The Morgan fingerprint density at radius 2 is 2.31 bits per heavy atom. The van der Waals surface area contributed by atoms with Crippen LogP contribution in [0.3, 0.4) is 0 Å². The zero-order chi connectivity index (χ0) is 18.1. The maximum atomic E-state index is 11.1. The maximum absolute atomic E-state index is 11.1. The number of carbonyl (C=O) groups is 1. The number of hydrogen-bond acceptors (Lipinski definition) is 6. The largest absolute Gasteiger partial charge is 0.489 e. The Morgan fingerprint density at radius 1 is 1.42 bits per heavy atom. The molecule has 1 saturated heterocycles. The molecule has 2 unspecified atom stereocenters. The first-order valence-electron chi connectivity index (χ1n) is 8.62. The molecular formula is C18H21N5O2S. The number of imidazole rings is 1. The summed E-state index contributed by atoms with van der Waals surface area (Å²) in [7, 11) is 0. The second-order valence-electron chi connectivity index (χ2n) is 6.62. The summed E-state index contributed by atoms with van der Waals surface area (Å²) in [5.41, 5.74) is 0.889. The number of ether oxygens (including phenoxy) is 1. The fraction of sp³-hybridized carbons (Fsp3) is 0.389. The molecule has 1 amide bonds. The number of amides is 1. The Labute approximate surface area is 155 Å². The highest BCUT2D eigenvalue weighted by atomic mass is 32.1. The molecule has 3 aromatic rings. The van der Waals surface area contributed by atoms with E-state index in [1.54, 1.807) is 6.20 Å². The number of pyridine rings is 1. The molecule has 4 heterocycles. The number of nitrogens with zero attached hydrogens (tertiary/aromatic N) is 4. The van der Waals surface area contributed by atoms with Crippen LogP contribution in [0, 0.1) is 0 Å². The summed E-state index contributed by atoms with van der Waals surface area (Å²) in [5.74, 6) is 0.761. The predicted molar refractivity (Wildman–Crippen MR) is 101 cm³/mol. The average molecular weight is 371 g/mol. The molecule has 4 rings (SSSR count). The van der Waals surface area contributed by atoms with Crippen LogP contribution in [0.25, 0.3) is 5.65 Å². The van der Waals surface area contributed by atoms with Gasteiger partial charge in [-0.05, 0) is 13.0 Å². The molecule has 0 saturated carbocycles. The molecule has 3 aromatic heterocycles. The quantitative estimate of drug-likeness (QED) is 0.747. The Balaban J connectivity index is 1.37. The summed E-state index contributed by atoms with van der Waals surface area (Å²) in [6, 6.07) is 4.38. The third kappa shape index (κ3) is 3.71. The highest BCUT2D eigenvalue weighted by Gasteiger charge is 2.30. The molecule has 0 bridgehead atoms. The number of hydrogen-bond donors (Lipinski definition) is 1. The van der Waals surface area contributed by atoms with E-state index in [0.29, 0.717) is 11.2 Å². The minimum absolute atomic E-state index is 0.0941. The number of nitrogens with one attached hydrogen (secondary N) is 1. The van der Waals surface area contributed by atoms with Crippen LogP contribution in [0.1, 0.15) is 25.1 Å². The lowest BCUT2D eigenvalue weighted by atomic mass is 10.2. The molecule has 136 valence electrons. The third-order valence-electron chi connectivity index (χ3n) is 4.53. The molecule has 1 fully saturated rings. The Bertz CT molecular complexity index is 921.